The van der Waals surface area contributed by atoms with Gasteiger partial charge < -0.3 is 14.6 Å². The molecule has 0 aliphatic carbocycles. The van der Waals surface area contributed by atoms with Gasteiger partial charge in [-0.05, 0) is 29.3 Å². The molecule has 3 heteroatoms. The van der Waals surface area contributed by atoms with Crippen LogP contribution in [0.4, 0.5) is 0 Å². The lowest BCUT2D eigenvalue weighted by molar-refractivity contribution is 0.0657. The van der Waals surface area contributed by atoms with Crippen LogP contribution in [0, 0.1) is 0 Å². The number of ether oxygens (including phenoxy) is 2. The highest BCUT2D eigenvalue weighted by Crippen LogP contribution is 2.41. The van der Waals surface area contributed by atoms with Crippen LogP contribution in [0.2, 0.25) is 0 Å². The smallest absolute Gasteiger partial charge is 0.127 e. The Hall–Kier alpha value is -2.00. The minimum Gasteiger partial charge on any atom is -0.493 e. The van der Waals surface area contributed by atoms with E-state index in [0.717, 1.165) is 35.7 Å². The van der Waals surface area contributed by atoms with Gasteiger partial charge in [0.05, 0.1) is 12.7 Å². The van der Waals surface area contributed by atoms with Gasteiger partial charge in [0, 0.05) is 18.4 Å². The number of rotatable bonds is 1. The summed E-state index contributed by atoms with van der Waals surface area (Å²) in [5.74, 6) is 1.76. The molecule has 0 bridgehead atoms. The normalized spacial score (nSPS) is 23.4. The number of aliphatic hydroxyl groups is 1. The number of benzene rings is 2. The van der Waals surface area contributed by atoms with Crippen molar-refractivity contribution in [3.8, 4) is 11.5 Å². The molecular weight excluding hydrogens is 252 g/mol. The van der Waals surface area contributed by atoms with Crippen LogP contribution >= 0.6 is 0 Å². The topological polar surface area (TPSA) is 38.7 Å². The fraction of sp³-hybridized carbons (Fsp3) is 0.294. The van der Waals surface area contributed by atoms with Crippen LogP contribution in [0.1, 0.15) is 35.3 Å². The van der Waals surface area contributed by atoms with Crippen molar-refractivity contribution in [2.24, 2.45) is 0 Å². The summed E-state index contributed by atoms with van der Waals surface area (Å²) < 4.78 is 11.6. The number of hydrogen-bond acceptors (Lipinski definition) is 3. The van der Waals surface area contributed by atoms with Gasteiger partial charge in [-0.25, -0.2) is 0 Å². The van der Waals surface area contributed by atoms with Gasteiger partial charge in [-0.3, -0.25) is 0 Å². The average Bonchev–Trinajstić information content (AvgIpc) is 2.94. The predicted molar refractivity (Wildman–Crippen MR) is 75.0 cm³/mol. The van der Waals surface area contributed by atoms with E-state index < -0.39 is 6.10 Å². The Balaban J connectivity index is 1.68. The number of fused-ring (bicyclic) bond motifs is 2. The van der Waals surface area contributed by atoms with Crippen molar-refractivity contribution in [1.82, 2.24) is 0 Å². The molecule has 2 aliphatic rings. The van der Waals surface area contributed by atoms with E-state index in [4.69, 9.17) is 9.47 Å². The lowest BCUT2D eigenvalue weighted by atomic mass is 9.94. The molecule has 20 heavy (non-hydrogen) atoms. The monoisotopic (exact) mass is 268 g/mol. The molecule has 2 unspecified atom stereocenters. The Morgan fingerprint density at radius 1 is 1.05 bits per heavy atom. The summed E-state index contributed by atoms with van der Waals surface area (Å²) in [6.07, 6.45) is 0.992. The molecule has 1 N–H and O–H groups in total. The molecule has 2 aliphatic heterocycles. The first-order valence-electron chi connectivity index (χ1n) is 7.00. The summed E-state index contributed by atoms with van der Waals surface area (Å²) >= 11 is 0. The molecule has 2 aromatic rings. The van der Waals surface area contributed by atoms with Crippen LogP contribution < -0.4 is 9.47 Å². The van der Waals surface area contributed by atoms with Crippen LogP contribution in [0.3, 0.4) is 0 Å². The van der Waals surface area contributed by atoms with Crippen molar-refractivity contribution in [3.63, 3.8) is 0 Å². The first kappa shape index (κ1) is 11.8. The van der Waals surface area contributed by atoms with E-state index in [9.17, 15) is 5.11 Å². The molecule has 0 saturated carbocycles. The molecule has 0 spiro atoms. The summed E-state index contributed by atoms with van der Waals surface area (Å²) in [6.45, 7) is 0.760. The number of hydrogen-bond donors (Lipinski definition) is 1. The van der Waals surface area contributed by atoms with E-state index in [-0.39, 0.29) is 6.10 Å². The highest BCUT2D eigenvalue weighted by molar-refractivity contribution is 5.43. The summed E-state index contributed by atoms with van der Waals surface area (Å²) in [4.78, 5) is 0. The molecule has 3 nitrogen and oxygen atoms in total. The third kappa shape index (κ3) is 1.86. The van der Waals surface area contributed by atoms with Crippen LogP contribution in [0.25, 0.3) is 0 Å². The fourth-order valence-corrected chi connectivity index (χ4v) is 3.01. The second-order valence-corrected chi connectivity index (χ2v) is 5.36. The molecule has 0 saturated heterocycles. The van der Waals surface area contributed by atoms with Gasteiger partial charge in [-0.1, -0.05) is 24.3 Å². The van der Waals surface area contributed by atoms with Crippen LogP contribution in [-0.2, 0) is 6.42 Å². The molecule has 2 atom stereocenters. The van der Waals surface area contributed by atoms with Crippen molar-refractivity contribution in [3.05, 3.63) is 59.2 Å². The maximum atomic E-state index is 10.3. The Labute approximate surface area is 117 Å². The van der Waals surface area contributed by atoms with E-state index in [1.54, 1.807) is 0 Å². The fourth-order valence-electron chi connectivity index (χ4n) is 3.01. The molecule has 2 aromatic carbocycles. The molecule has 0 radical (unpaired) electrons. The van der Waals surface area contributed by atoms with Crippen LogP contribution in [0.15, 0.2) is 42.5 Å². The third-order valence-corrected chi connectivity index (χ3v) is 4.07. The standard InChI is InChI=1S/C17H16O3/c18-14-10-17(20-16-4-2-1-3-13(14)16)11-5-6-15-12(9-11)7-8-19-15/h1-6,9,14,17-18H,7-8,10H2. The summed E-state index contributed by atoms with van der Waals surface area (Å²) in [5.41, 5.74) is 3.23. The zero-order valence-corrected chi connectivity index (χ0v) is 11.1. The highest BCUT2D eigenvalue weighted by atomic mass is 16.5. The predicted octanol–water partition coefficient (Wildman–Crippen LogP) is 3.18. The second kappa shape index (κ2) is 4.53. The van der Waals surface area contributed by atoms with Gasteiger partial charge in [-0.2, -0.15) is 0 Å². The lowest BCUT2D eigenvalue weighted by Gasteiger charge is -2.30. The Bertz CT molecular complexity index is 650. The Kier molecular flexibility index (Phi) is 2.67. The maximum absolute atomic E-state index is 10.3. The lowest BCUT2D eigenvalue weighted by Crippen LogP contribution is -2.19. The minimum atomic E-state index is -0.463. The van der Waals surface area contributed by atoms with Gasteiger partial charge in [0.2, 0.25) is 0 Å². The summed E-state index contributed by atoms with van der Waals surface area (Å²) in [7, 11) is 0. The van der Waals surface area contributed by atoms with Crippen molar-refractivity contribution < 1.29 is 14.6 Å². The van der Waals surface area contributed by atoms with E-state index in [1.807, 2.05) is 36.4 Å². The zero-order chi connectivity index (χ0) is 13.5. The number of para-hydroxylation sites is 1. The SMILES string of the molecule is OC1CC(c2ccc3c(c2)CCO3)Oc2ccccc21. The molecule has 0 amide bonds. The summed E-state index contributed by atoms with van der Waals surface area (Å²) in [6, 6.07) is 13.9. The third-order valence-electron chi connectivity index (χ3n) is 4.07. The van der Waals surface area contributed by atoms with Crippen LogP contribution in [-0.4, -0.2) is 11.7 Å². The summed E-state index contributed by atoms with van der Waals surface area (Å²) in [5, 5.41) is 10.3. The first-order valence-corrected chi connectivity index (χ1v) is 7.00. The molecule has 4 rings (SSSR count). The minimum absolute atomic E-state index is 0.0919. The number of aliphatic hydroxyl groups excluding tert-OH is 1. The first-order chi connectivity index (χ1) is 9.81. The molecule has 102 valence electrons. The van der Waals surface area contributed by atoms with Crippen LogP contribution in [0.5, 0.6) is 11.5 Å². The van der Waals surface area contributed by atoms with Gasteiger partial charge in [-0.15, -0.1) is 0 Å². The van der Waals surface area contributed by atoms with Crippen molar-refractivity contribution in [2.45, 2.75) is 25.0 Å². The van der Waals surface area contributed by atoms with Gasteiger partial charge in [0.15, 0.2) is 0 Å². The second-order valence-electron chi connectivity index (χ2n) is 5.36. The largest absolute Gasteiger partial charge is 0.493 e. The van der Waals surface area contributed by atoms with Crippen molar-refractivity contribution in [1.29, 1.82) is 0 Å². The van der Waals surface area contributed by atoms with E-state index in [1.165, 1.54) is 5.56 Å². The highest BCUT2D eigenvalue weighted by Gasteiger charge is 2.28. The van der Waals surface area contributed by atoms with Crippen molar-refractivity contribution >= 4 is 0 Å². The molecule has 2 heterocycles. The van der Waals surface area contributed by atoms with Gasteiger partial charge in [0.25, 0.3) is 0 Å². The zero-order valence-electron chi connectivity index (χ0n) is 11.1. The Morgan fingerprint density at radius 2 is 1.95 bits per heavy atom. The van der Waals surface area contributed by atoms with E-state index in [0.29, 0.717) is 6.42 Å². The van der Waals surface area contributed by atoms with E-state index in [2.05, 4.69) is 6.07 Å². The quantitative estimate of drug-likeness (QED) is 0.863. The van der Waals surface area contributed by atoms with Crippen molar-refractivity contribution in [2.75, 3.05) is 6.61 Å². The average molecular weight is 268 g/mol. The molecular formula is C17H16O3. The van der Waals surface area contributed by atoms with E-state index >= 15 is 0 Å². The maximum Gasteiger partial charge on any atom is 0.127 e. The Morgan fingerprint density at radius 3 is 2.90 bits per heavy atom. The van der Waals surface area contributed by atoms with Gasteiger partial charge >= 0.3 is 0 Å². The van der Waals surface area contributed by atoms with Gasteiger partial charge in [0.1, 0.15) is 17.6 Å². The molecule has 0 aromatic heterocycles. The molecule has 0 fully saturated rings.